The molecule has 2 aromatic heterocycles. The van der Waals surface area contributed by atoms with Crippen LogP contribution in [0.5, 0.6) is 5.75 Å². The molecule has 11 nitrogen and oxygen atoms in total. The summed E-state index contributed by atoms with van der Waals surface area (Å²) in [6.07, 6.45) is 4.35. The molecule has 33 heavy (non-hydrogen) atoms. The Morgan fingerprint density at radius 1 is 1.15 bits per heavy atom. The molecule has 3 fully saturated rings. The summed E-state index contributed by atoms with van der Waals surface area (Å²) >= 11 is 0. The molecule has 0 atom stereocenters. The minimum Gasteiger partial charge on any atom is -0.494 e. The predicted octanol–water partition coefficient (Wildman–Crippen LogP) is 2.55. The van der Waals surface area contributed by atoms with Gasteiger partial charge in [-0.3, -0.25) is 9.48 Å². The lowest BCUT2D eigenvalue weighted by molar-refractivity contribution is -0.158. The summed E-state index contributed by atoms with van der Waals surface area (Å²) in [5, 5.41) is 18.4. The number of nitrogens with zero attached hydrogens (tertiary/aromatic N) is 5. The fourth-order valence-corrected chi connectivity index (χ4v) is 4.44. The van der Waals surface area contributed by atoms with Crippen molar-refractivity contribution in [2.45, 2.75) is 19.3 Å². The van der Waals surface area contributed by atoms with Crippen molar-refractivity contribution in [1.82, 2.24) is 25.0 Å². The first-order chi connectivity index (χ1) is 15.9. The molecular weight excluding hydrogens is 426 g/mol. The second-order valence-corrected chi connectivity index (χ2v) is 8.45. The zero-order chi connectivity index (χ0) is 23.2. The number of carbonyl (C=O) groups excluding carboxylic acids is 2. The van der Waals surface area contributed by atoms with Crippen molar-refractivity contribution in [3.8, 4) is 17.1 Å². The number of hydrogen-bond donors (Lipinski definition) is 2. The molecule has 0 saturated heterocycles. The Kier molecular flexibility index (Phi) is 4.95. The van der Waals surface area contributed by atoms with Crippen LogP contribution in [0.3, 0.4) is 0 Å². The van der Waals surface area contributed by atoms with E-state index in [2.05, 4.69) is 30.9 Å². The molecule has 6 rings (SSSR count). The normalized spacial score (nSPS) is 20.3. The highest BCUT2D eigenvalue weighted by molar-refractivity contribution is 5.99. The van der Waals surface area contributed by atoms with Gasteiger partial charge in [0.05, 0.1) is 36.6 Å². The summed E-state index contributed by atoms with van der Waals surface area (Å²) in [7, 11) is 4.58. The number of aromatic nitrogens is 5. The number of anilines is 3. The molecule has 2 heterocycles. The molecule has 3 aliphatic rings. The number of nitrogens with one attached hydrogen (secondary N) is 2. The summed E-state index contributed by atoms with van der Waals surface area (Å²) in [5.41, 5.74) is 1.24. The second-order valence-electron chi connectivity index (χ2n) is 8.45. The van der Waals surface area contributed by atoms with E-state index in [-0.39, 0.29) is 22.8 Å². The third kappa shape index (κ3) is 3.55. The Morgan fingerprint density at radius 3 is 2.55 bits per heavy atom. The van der Waals surface area contributed by atoms with E-state index in [0.717, 1.165) is 19.3 Å². The van der Waals surface area contributed by atoms with Crippen LogP contribution in [0.1, 0.15) is 29.8 Å². The maximum atomic E-state index is 12.7. The van der Waals surface area contributed by atoms with Crippen molar-refractivity contribution < 1.29 is 19.1 Å². The highest BCUT2D eigenvalue weighted by atomic mass is 16.5. The van der Waals surface area contributed by atoms with Crippen molar-refractivity contribution in [2.75, 3.05) is 24.9 Å². The first-order valence-electron chi connectivity index (χ1n) is 10.5. The van der Waals surface area contributed by atoms with Crippen LogP contribution in [0.4, 0.5) is 17.2 Å². The van der Waals surface area contributed by atoms with E-state index >= 15 is 0 Å². The van der Waals surface area contributed by atoms with Crippen LogP contribution < -0.4 is 15.4 Å². The van der Waals surface area contributed by atoms with Crippen molar-refractivity contribution >= 4 is 29.1 Å². The molecule has 3 aromatic rings. The first-order valence-corrected chi connectivity index (χ1v) is 10.5. The van der Waals surface area contributed by atoms with Gasteiger partial charge in [-0.05, 0) is 37.3 Å². The number of para-hydroxylation sites is 1. The fourth-order valence-electron chi connectivity index (χ4n) is 4.44. The third-order valence-electron chi connectivity index (χ3n) is 6.26. The second kappa shape index (κ2) is 7.84. The highest BCUT2D eigenvalue weighted by Crippen LogP contribution is 2.64. The average molecular weight is 449 g/mol. The van der Waals surface area contributed by atoms with Crippen molar-refractivity contribution in [3.05, 3.63) is 36.3 Å². The standard InChI is InChI=1S/C22H23N7O4/c1-29-11-23-19(28-29)13-5-4-6-14(18(13)32-2)24-15-7-16(26-27-17(15)20(30)33-3)25-21(31)22-8-12(9-22)10-22/h4-7,11-12H,8-10H2,1-3H3,(H2,24,25,26,31). The topological polar surface area (TPSA) is 133 Å². The summed E-state index contributed by atoms with van der Waals surface area (Å²) in [5.74, 6) is 1.18. The third-order valence-corrected chi connectivity index (χ3v) is 6.26. The summed E-state index contributed by atoms with van der Waals surface area (Å²) < 4.78 is 12.1. The number of ether oxygens (including phenoxy) is 2. The van der Waals surface area contributed by atoms with Gasteiger partial charge >= 0.3 is 5.97 Å². The number of amides is 1. The Balaban J connectivity index is 1.48. The van der Waals surface area contributed by atoms with Crippen molar-refractivity contribution in [3.63, 3.8) is 0 Å². The molecule has 0 spiro atoms. The van der Waals surface area contributed by atoms with Gasteiger partial charge < -0.3 is 20.1 Å². The maximum absolute atomic E-state index is 12.7. The molecular formula is C22H23N7O4. The van der Waals surface area contributed by atoms with Gasteiger partial charge in [-0.15, -0.1) is 10.2 Å². The molecule has 3 aliphatic carbocycles. The lowest BCUT2D eigenvalue weighted by atomic mass is 9.44. The molecule has 2 bridgehead atoms. The number of hydrogen-bond acceptors (Lipinski definition) is 9. The number of carbonyl (C=O) groups is 2. The zero-order valence-electron chi connectivity index (χ0n) is 18.5. The van der Waals surface area contributed by atoms with Gasteiger partial charge in [0.2, 0.25) is 5.91 Å². The van der Waals surface area contributed by atoms with Gasteiger partial charge in [-0.2, -0.15) is 5.10 Å². The molecule has 1 aromatic carbocycles. The Bertz CT molecular complexity index is 1240. The van der Waals surface area contributed by atoms with Crippen LogP contribution in [0.25, 0.3) is 11.4 Å². The number of aryl methyl sites for hydroxylation is 1. The minimum atomic E-state index is -0.663. The molecule has 11 heteroatoms. The van der Waals surface area contributed by atoms with E-state index in [1.54, 1.807) is 30.2 Å². The van der Waals surface area contributed by atoms with E-state index in [1.165, 1.54) is 14.2 Å². The van der Waals surface area contributed by atoms with Gasteiger partial charge in [0.25, 0.3) is 0 Å². The van der Waals surface area contributed by atoms with Gasteiger partial charge in [0.1, 0.15) is 6.33 Å². The maximum Gasteiger partial charge on any atom is 0.360 e. The Hall–Kier alpha value is -4.02. The van der Waals surface area contributed by atoms with Crippen LogP contribution in [-0.2, 0) is 16.6 Å². The summed E-state index contributed by atoms with van der Waals surface area (Å²) in [6, 6.07) is 7.00. The minimum absolute atomic E-state index is 0.0237. The SMILES string of the molecule is COC(=O)c1nnc(NC(=O)C23CC(C2)C3)cc1Nc1cccc(-c2ncn(C)n2)c1OC. The number of methoxy groups -OCH3 is 2. The van der Waals surface area contributed by atoms with Gasteiger partial charge in [-0.1, -0.05) is 6.07 Å². The van der Waals surface area contributed by atoms with Gasteiger partial charge in [-0.25, -0.2) is 9.78 Å². The monoisotopic (exact) mass is 449 g/mol. The summed E-state index contributed by atoms with van der Waals surface area (Å²) in [4.78, 5) is 29.3. The Morgan fingerprint density at radius 2 is 1.94 bits per heavy atom. The van der Waals surface area contributed by atoms with E-state index in [4.69, 9.17) is 9.47 Å². The summed E-state index contributed by atoms with van der Waals surface area (Å²) in [6.45, 7) is 0. The number of rotatable bonds is 7. The molecule has 0 unspecified atom stereocenters. The molecule has 0 radical (unpaired) electrons. The Labute approximate surface area is 189 Å². The number of benzene rings is 1. The van der Waals surface area contributed by atoms with Crippen LogP contribution in [0.2, 0.25) is 0 Å². The van der Waals surface area contributed by atoms with E-state index in [9.17, 15) is 9.59 Å². The van der Waals surface area contributed by atoms with E-state index in [0.29, 0.717) is 34.4 Å². The lowest BCUT2D eigenvalue weighted by Crippen LogP contribution is -2.58. The fraction of sp³-hybridized carbons (Fsp3) is 0.364. The van der Waals surface area contributed by atoms with E-state index in [1.807, 2.05) is 12.1 Å². The zero-order valence-corrected chi connectivity index (χ0v) is 18.5. The molecule has 170 valence electrons. The quantitative estimate of drug-likeness (QED) is 0.522. The van der Waals surface area contributed by atoms with Crippen LogP contribution in [0, 0.1) is 11.3 Å². The molecule has 3 saturated carbocycles. The average Bonchev–Trinajstić information content (AvgIpc) is 3.17. The molecule has 1 amide bonds. The van der Waals surface area contributed by atoms with Crippen LogP contribution in [0.15, 0.2) is 30.6 Å². The van der Waals surface area contributed by atoms with Crippen molar-refractivity contribution in [2.24, 2.45) is 18.4 Å². The van der Waals surface area contributed by atoms with Crippen LogP contribution >= 0.6 is 0 Å². The van der Waals surface area contributed by atoms with Crippen molar-refractivity contribution in [1.29, 1.82) is 0 Å². The molecule has 2 N–H and O–H groups in total. The number of esters is 1. The molecule has 0 aliphatic heterocycles. The van der Waals surface area contributed by atoms with E-state index < -0.39 is 5.97 Å². The highest BCUT2D eigenvalue weighted by Gasteiger charge is 2.61. The predicted molar refractivity (Wildman–Crippen MR) is 118 cm³/mol. The van der Waals surface area contributed by atoms with Gasteiger partial charge in [0.15, 0.2) is 23.1 Å². The lowest BCUT2D eigenvalue weighted by Gasteiger charge is -2.59. The van der Waals surface area contributed by atoms with Crippen LogP contribution in [-0.4, -0.2) is 51.1 Å². The smallest absolute Gasteiger partial charge is 0.360 e. The van der Waals surface area contributed by atoms with Gasteiger partial charge in [0, 0.05) is 13.1 Å². The largest absolute Gasteiger partial charge is 0.494 e. The first kappa shape index (κ1) is 20.9.